The Morgan fingerprint density at radius 3 is 2.74 bits per heavy atom. The van der Waals surface area contributed by atoms with Crippen LogP contribution in [0.4, 0.5) is 0 Å². The van der Waals surface area contributed by atoms with Crippen molar-refractivity contribution < 1.29 is 9.59 Å². The number of rotatable bonds is 2. The monoisotopic (exact) mass is 263 g/mol. The molecular weight excluding hydrogens is 242 g/mol. The van der Waals surface area contributed by atoms with E-state index >= 15 is 0 Å². The lowest BCUT2D eigenvalue weighted by Crippen LogP contribution is -2.61. The summed E-state index contributed by atoms with van der Waals surface area (Å²) in [7, 11) is 0. The molecule has 0 spiro atoms. The minimum atomic E-state index is -0.267. The molecule has 1 saturated carbocycles. The topological polar surface area (TPSA) is 73.2 Å². The number of piperazine rings is 1. The molecule has 5 heteroatoms. The maximum atomic E-state index is 11.9. The van der Waals surface area contributed by atoms with Crippen LogP contribution in [0.2, 0.25) is 0 Å². The highest BCUT2D eigenvalue weighted by Crippen LogP contribution is 2.29. The Balaban J connectivity index is 2.22. The van der Waals surface area contributed by atoms with Crippen molar-refractivity contribution in [3.05, 3.63) is 0 Å². The summed E-state index contributed by atoms with van der Waals surface area (Å²) in [5.74, 6) is -0.509. The summed E-state index contributed by atoms with van der Waals surface area (Å²) in [6.07, 6.45) is 5.75. The Hall–Kier alpha value is -1.41. The zero-order chi connectivity index (χ0) is 13.8. The summed E-state index contributed by atoms with van der Waals surface area (Å²) >= 11 is 0. The fraction of sp³-hybridized carbons (Fsp3) is 0.786. The van der Waals surface area contributed by atoms with Gasteiger partial charge in [0.1, 0.15) is 0 Å². The third-order valence-electron chi connectivity index (χ3n) is 4.25. The Labute approximate surface area is 113 Å². The minimum Gasteiger partial charge on any atom is -0.294 e. The van der Waals surface area contributed by atoms with Crippen LogP contribution in [0, 0.1) is 17.2 Å². The number of nitriles is 1. The van der Waals surface area contributed by atoms with Gasteiger partial charge in [0.15, 0.2) is 0 Å². The van der Waals surface area contributed by atoms with E-state index in [-0.39, 0.29) is 36.4 Å². The van der Waals surface area contributed by atoms with Crippen LogP contribution in [0.15, 0.2) is 0 Å². The molecule has 0 aromatic heterocycles. The van der Waals surface area contributed by atoms with E-state index in [1.54, 1.807) is 0 Å². The van der Waals surface area contributed by atoms with E-state index in [0.717, 1.165) is 32.1 Å². The van der Waals surface area contributed by atoms with Crippen molar-refractivity contribution in [3.8, 4) is 6.07 Å². The second-order valence-corrected chi connectivity index (χ2v) is 5.45. The van der Waals surface area contributed by atoms with Gasteiger partial charge in [-0.25, -0.2) is 0 Å². The Morgan fingerprint density at radius 2 is 2.05 bits per heavy atom. The molecule has 3 atom stereocenters. The highest BCUT2D eigenvalue weighted by atomic mass is 16.2. The van der Waals surface area contributed by atoms with E-state index in [4.69, 9.17) is 0 Å². The fourth-order valence-electron chi connectivity index (χ4n) is 3.29. The maximum absolute atomic E-state index is 11.9. The van der Waals surface area contributed by atoms with Gasteiger partial charge in [0, 0.05) is 6.04 Å². The molecule has 19 heavy (non-hydrogen) atoms. The molecule has 1 saturated heterocycles. The lowest BCUT2D eigenvalue weighted by atomic mass is 9.92. The van der Waals surface area contributed by atoms with Crippen molar-refractivity contribution >= 4 is 11.8 Å². The van der Waals surface area contributed by atoms with Crippen LogP contribution in [-0.2, 0) is 9.59 Å². The first-order valence-electron chi connectivity index (χ1n) is 7.16. The van der Waals surface area contributed by atoms with E-state index < -0.39 is 0 Å². The van der Waals surface area contributed by atoms with Crippen LogP contribution < -0.4 is 5.32 Å². The molecule has 0 radical (unpaired) electrons. The van der Waals surface area contributed by atoms with Gasteiger partial charge >= 0.3 is 0 Å². The summed E-state index contributed by atoms with van der Waals surface area (Å²) in [5, 5.41) is 11.7. The quantitative estimate of drug-likeness (QED) is 0.600. The van der Waals surface area contributed by atoms with Crippen molar-refractivity contribution in [2.75, 3.05) is 6.54 Å². The number of nitrogens with one attached hydrogen (secondary N) is 1. The number of carbonyl (C=O) groups excluding carboxylic acids is 2. The molecular formula is C14H21N3O2. The van der Waals surface area contributed by atoms with E-state index in [2.05, 4.69) is 11.4 Å². The van der Waals surface area contributed by atoms with Crippen molar-refractivity contribution in [2.24, 2.45) is 5.92 Å². The van der Waals surface area contributed by atoms with Crippen LogP contribution >= 0.6 is 0 Å². The Bertz CT molecular complexity index is 402. The summed E-state index contributed by atoms with van der Waals surface area (Å²) in [5.41, 5.74) is 0. The van der Waals surface area contributed by atoms with E-state index in [9.17, 15) is 14.9 Å². The predicted octanol–water partition coefficient (Wildman–Crippen LogP) is 1.20. The van der Waals surface area contributed by atoms with Gasteiger partial charge in [-0.2, -0.15) is 5.26 Å². The van der Waals surface area contributed by atoms with Crippen LogP contribution in [0.3, 0.4) is 0 Å². The van der Waals surface area contributed by atoms with Gasteiger partial charge < -0.3 is 0 Å². The molecule has 104 valence electrons. The van der Waals surface area contributed by atoms with Gasteiger partial charge in [0.2, 0.25) is 11.8 Å². The maximum Gasteiger partial charge on any atom is 0.243 e. The predicted molar refractivity (Wildman–Crippen MR) is 69.9 cm³/mol. The lowest BCUT2D eigenvalue weighted by molar-refractivity contribution is -0.142. The SMILES string of the molecule is CCC1C(=O)NC(=O)CN1C1CCCCCC1C#N. The first-order valence-corrected chi connectivity index (χ1v) is 7.16. The molecule has 2 amide bonds. The molecule has 3 unspecified atom stereocenters. The summed E-state index contributed by atoms with van der Waals surface area (Å²) in [6.45, 7) is 2.19. The zero-order valence-electron chi connectivity index (χ0n) is 11.4. The molecule has 2 aliphatic rings. The molecule has 1 aliphatic carbocycles. The van der Waals surface area contributed by atoms with Crippen LogP contribution in [-0.4, -0.2) is 35.3 Å². The van der Waals surface area contributed by atoms with Crippen molar-refractivity contribution in [3.63, 3.8) is 0 Å². The van der Waals surface area contributed by atoms with E-state index in [1.807, 2.05) is 11.8 Å². The van der Waals surface area contributed by atoms with Crippen molar-refractivity contribution in [1.29, 1.82) is 5.26 Å². The van der Waals surface area contributed by atoms with Gasteiger partial charge in [-0.05, 0) is 19.3 Å². The molecule has 1 aliphatic heterocycles. The molecule has 1 heterocycles. The minimum absolute atomic E-state index is 0.0486. The molecule has 0 aromatic carbocycles. The first kappa shape index (κ1) is 14.0. The average molecular weight is 263 g/mol. The van der Waals surface area contributed by atoms with Crippen LogP contribution in [0.25, 0.3) is 0 Å². The number of amides is 2. The highest BCUT2D eigenvalue weighted by Gasteiger charge is 2.39. The largest absolute Gasteiger partial charge is 0.294 e. The van der Waals surface area contributed by atoms with Gasteiger partial charge in [-0.15, -0.1) is 0 Å². The average Bonchev–Trinajstić information content (AvgIpc) is 2.62. The number of nitrogens with zero attached hydrogens (tertiary/aromatic N) is 2. The fourth-order valence-corrected chi connectivity index (χ4v) is 3.29. The van der Waals surface area contributed by atoms with Gasteiger partial charge in [0.25, 0.3) is 0 Å². The van der Waals surface area contributed by atoms with Gasteiger partial charge in [-0.1, -0.05) is 26.2 Å². The third kappa shape index (κ3) is 2.95. The molecule has 5 nitrogen and oxygen atoms in total. The number of imide groups is 1. The van der Waals surface area contributed by atoms with E-state index in [0.29, 0.717) is 6.42 Å². The van der Waals surface area contributed by atoms with Crippen LogP contribution in [0.1, 0.15) is 45.4 Å². The number of hydrogen-bond acceptors (Lipinski definition) is 4. The highest BCUT2D eigenvalue weighted by molar-refractivity contribution is 6.01. The van der Waals surface area contributed by atoms with Gasteiger partial charge in [0.05, 0.1) is 24.6 Å². The second kappa shape index (κ2) is 6.16. The Morgan fingerprint density at radius 1 is 1.32 bits per heavy atom. The molecule has 0 bridgehead atoms. The molecule has 2 rings (SSSR count). The smallest absolute Gasteiger partial charge is 0.243 e. The third-order valence-corrected chi connectivity index (χ3v) is 4.25. The summed E-state index contributed by atoms with van der Waals surface area (Å²) in [4.78, 5) is 25.5. The first-order chi connectivity index (χ1) is 9.17. The summed E-state index contributed by atoms with van der Waals surface area (Å²) in [6, 6.07) is 2.16. The number of carbonyl (C=O) groups is 2. The number of hydrogen-bond donors (Lipinski definition) is 1. The normalized spacial score (nSPS) is 33.4. The molecule has 2 fully saturated rings. The van der Waals surface area contributed by atoms with Crippen LogP contribution in [0.5, 0.6) is 0 Å². The van der Waals surface area contributed by atoms with Crippen molar-refractivity contribution in [1.82, 2.24) is 10.2 Å². The van der Waals surface area contributed by atoms with E-state index in [1.165, 1.54) is 0 Å². The Kier molecular flexibility index (Phi) is 4.54. The standard InChI is InChI=1S/C14H21N3O2/c1-2-11-14(19)16-13(18)9-17(11)12-7-5-3-4-6-10(12)8-15/h10-12H,2-7,9H2,1H3,(H,16,18,19). The summed E-state index contributed by atoms with van der Waals surface area (Å²) < 4.78 is 0. The van der Waals surface area contributed by atoms with Crippen molar-refractivity contribution in [2.45, 2.75) is 57.5 Å². The lowest BCUT2D eigenvalue weighted by Gasteiger charge is -2.40. The second-order valence-electron chi connectivity index (χ2n) is 5.45. The van der Waals surface area contributed by atoms with Gasteiger partial charge in [-0.3, -0.25) is 19.8 Å². The molecule has 1 N–H and O–H groups in total. The zero-order valence-corrected chi connectivity index (χ0v) is 11.4. The molecule has 0 aromatic rings.